The normalized spacial score (nSPS) is 16.0. The van der Waals surface area contributed by atoms with Gasteiger partial charge in [0.05, 0.1) is 35.6 Å². The Kier molecular flexibility index (Phi) is 12.5. The van der Waals surface area contributed by atoms with E-state index >= 15 is 0 Å². The van der Waals surface area contributed by atoms with E-state index in [0.717, 1.165) is 32.5 Å². The smallest absolute Gasteiger partial charge is 0.407 e. The van der Waals surface area contributed by atoms with Crippen molar-refractivity contribution in [3.8, 4) is 17.1 Å². The highest BCUT2D eigenvalue weighted by Crippen LogP contribution is 2.42. The Morgan fingerprint density at radius 2 is 1.75 bits per heavy atom. The van der Waals surface area contributed by atoms with E-state index in [-0.39, 0.29) is 29.9 Å². The summed E-state index contributed by atoms with van der Waals surface area (Å²) in [5, 5.41) is 17.7. The molecule has 1 atom stereocenters. The first-order valence-electron chi connectivity index (χ1n) is 19.1. The molecule has 0 unspecified atom stereocenters. The molecule has 13 nitrogen and oxygen atoms in total. The van der Waals surface area contributed by atoms with Gasteiger partial charge in [-0.25, -0.2) is 19.4 Å². The molecule has 6 rings (SSSR count). The Morgan fingerprint density at radius 1 is 1.00 bits per heavy atom. The molecule has 0 radical (unpaired) electrons. The van der Waals surface area contributed by atoms with Crippen LogP contribution >= 0.6 is 21.6 Å². The maximum absolute atomic E-state index is 13.6. The van der Waals surface area contributed by atoms with Crippen molar-refractivity contribution in [2.24, 2.45) is 0 Å². The Morgan fingerprint density at radius 3 is 2.46 bits per heavy atom. The number of amides is 2. The zero-order chi connectivity index (χ0) is 41.1. The maximum Gasteiger partial charge on any atom is 0.407 e. The van der Waals surface area contributed by atoms with Crippen molar-refractivity contribution in [2.45, 2.75) is 108 Å². The maximum atomic E-state index is 13.6. The minimum absolute atomic E-state index is 0.0819. The first-order chi connectivity index (χ1) is 27.0. The highest BCUT2D eigenvalue weighted by Gasteiger charge is 2.45. The molecule has 0 bridgehead atoms. The van der Waals surface area contributed by atoms with Crippen LogP contribution in [0.1, 0.15) is 89.1 Å². The topological polar surface area (TPSA) is 167 Å². The SMILES string of the molecule is CCc1c2c(nc3ccc(OCCCNC(=O)OCc4ccc(SSC(C)(C)CNC(=O)OC(C)(C)C)cc4)cc13)-c1cc3c(c(=O)n1C2)COC(=O)[C@]3(O)CC. The second-order valence-corrected chi connectivity index (χ2v) is 18.6. The fourth-order valence-corrected chi connectivity index (χ4v) is 8.89. The lowest BCUT2D eigenvalue weighted by molar-refractivity contribution is -0.172. The lowest BCUT2D eigenvalue weighted by Crippen LogP contribution is -2.44. The van der Waals surface area contributed by atoms with Gasteiger partial charge in [-0.1, -0.05) is 47.6 Å². The number of aromatic nitrogens is 2. The first kappa shape index (κ1) is 41.9. The number of hydrogen-bond donors (Lipinski definition) is 3. The summed E-state index contributed by atoms with van der Waals surface area (Å²) < 4.78 is 23.4. The van der Waals surface area contributed by atoms with Gasteiger partial charge in [-0.05, 0) is 101 Å². The molecule has 0 spiro atoms. The minimum atomic E-state index is -1.88. The van der Waals surface area contributed by atoms with E-state index in [1.807, 2.05) is 63.2 Å². The van der Waals surface area contributed by atoms with Crippen LogP contribution in [-0.2, 0) is 50.8 Å². The molecule has 2 aromatic carbocycles. The third kappa shape index (κ3) is 9.53. The van der Waals surface area contributed by atoms with Crippen molar-refractivity contribution in [2.75, 3.05) is 19.7 Å². The lowest BCUT2D eigenvalue weighted by Gasteiger charge is -2.31. The first-order valence-corrected chi connectivity index (χ1v) is 21.2. The van der Waals surface area contributed by atoms with Crippen molar-refractivity contribution in [3.05, 3.63) is 86.7 Å². The molecule has 3 N–H and O–H groups in total. The number of nitrogens with one attached hydrogen (secondary N) is 2. The number of hydrogen-bond acceptors (Lipinski definition) is 12. The zero-order valence-corrected chi connectivity index (χ0v) is 35.0. The van der Waals surface area contributed by atoms with Gasteiger partial charge in [-0.2, -0.15) is 0 Å². The standard InChI is InChI=1S/C42H50N4O9S2/c1-8-28-29-19-26(13-16-33(29)45-35-30(28)21-46-34(35)20-32-31(36(46)47)23-53-37(48)42(32,51)9-2)52-18-10-17-43-38(49)54-22-25-11-14-27(15-12-25)56-57-41(6,7)24-44-39(50)55-40(3,4)5/h11-16,19-20,51H,8-10,17-18,21-24H2,1-7H3,(H,43,49)(H,44,50)/t42-/m0/s1. The number of ether oxygens (including phenoxy) is 4. The average molecular weight is 819 g/mol. The van der Waals surface area contributed by atoms with Crippen molar-refractivity contribution in [3.63, 3.8) is 0 Å². The number of rotatable bonds is 14. The molecule has 2 amide bonds. The number of nitrogens with zero attached hydrogens (tertiary/aromatic N) is 2. The van der Waals surface area contributed by atoms with E-state index in [1.54, 1.807) is 39.1 Å². The number of cyclic esters (lactones) is 1. The summed E-state index contributed by atoms with van der Waals surface area (Å²) in [5.41, 5.74) is 2.69. The molecule has 4 heterocycles. The number of carbonyl (C=O) groups excluding carboxylic acids is 3. The predicted molar refractivity (Wildman–Crippen MR) is 220 cm³/mol. The van der Waals surface area contributed by atoms with Crippen LogP contribution < -0.4 is 20.9 Å². The van der Waals surface area contributed by atoms with Gasteiger partial charge in [0, 0.05) is 39.2 Å². The molecule has 57 heavy (non-hydrogen) atoms. The number of aryl methyl sites for hydroxylation is 1. The number of esters is 1. The van der Waals surface area contributed by atoms with Crippen molar-refractivity contribution >= 4 is 50.6 Å². The Hall–Kier alpha value is -4.73. The summed E-state index contributed by atoms with van der Waals surface area (Å²) in [7, 11) is 3.25. The van der Waals surface area contributed by atoms with Crippen LogP contribution in [0, 0.1) is 0 Å². The largest absolute Gasteiger partial charge is 0.494 e. The molecule has 2 aliphatic rings. The summed E-state index contributed by atoms with van der Waals surface area (Å²) >= 11 is 0. The van der Waals surface area contributed by atoms with Gasteiger partial charge in [0.2, 0.25) is 0 Å². The molecular formula is C42H50N4O9S2. The van der Waals surface area contributed by atoms with Crippen LogP contribution in [0.25, 0.3) is 22.3 Å². The molecule has 2 aromatic heterocycles. The highest BCUT2D eigenvalue weighted by molar-refractivity contribution is 8.77. The summed E-state index contributed by atoms with van der Waals surface area (Å²) in [6, 6.07) is 15.2. The van der Waals surface area contributed by atoms with Gasteiger partial charge in [0.25, 0.3) is 5.56 Å². The average Bonchev–Trinajstić information content (AvgIpc) is 3.54. The number of carbonyl (C=O) groups is 3. The minimum Gasteiger partial charge on any atom is -0.494 e. The van der Waals surface area contributed by atoms with Gasteiger partial charge in [0.1, 0.15) is 24.6 Å². The van der Waals surface area contributed by atoms with E-state index in [9.17, 15) is 24.3 Å². The van der Waals surface area contributed by atoms with E-state index in [1.165, 1.54) is 0 Å². The highest BCUT2D eigenvalue weighted by atomic mass is 33.1. The molecule has 0 saturated carbocycles. The van der Waals surface area contributed by atoms with Crippen LogP contribution in [0.3, 0.4) is 0 Å². The van der Waals surface area contributed by atoms with Crippen LogP contribution in [-0.4, -0.2) is 62.9 Å². The second kappa shape index (κ2) is 17.0. The molecular weight excluding hydrogens is 769 g/mol. The molecule has 2 aliphatic heterocycles. The van der Waals surface area contributed by atoms with Gasteiger partial charge in [-0.3, -0.25) is 4.79 Å². The zero-order valence-electron chi connectivity index (χ0n) is 33.4. The molecule has 304 valence electrons. The van der Waals surface area contributed by atoms with E-state index in [0.29, 0.717) is 67.3 Å². The van der Waals surface area contributed by atoms with Crippen LogP contribution in [0.15, 0.2) is 58.2 Å². The fourth-order valence-electron chi connectivity index (χ4n) is 6.72. The summed E-state index contributed by atoms with van der Waals surface area (Å²) in [4.78, 5) is 56.5. The van der Waals surface area contributed by atoms with Crippen LogP contribution in [0.5, 0.6) is 5.75 Å². The molecule has 0 fully saturated rings. The summed E-state index contributed by atoms with van der Waals surface area (Å²) in [5.74, 6) is -0.0869. The predicted octanol–water partition coefficient (Wildman–Crippen LogP) is 7.38. The Bertz CT molecular complexity index is 2230. The van der Waals surface area contributed by atoms with Crippen molar-refractivity contribution < 1.29 is 38.4 Å². The summed E-state index contributed by atoms with van der Waals surface area (Å²) in [6.45, 7) is 14.8. The number of benzene rings is 2. The Balaban J connectivity index is 0.967. The van der Waals surface area contributed by atoms with Gasteiger partial charge in [0.15, 0.2) is 5.60 Å². The van der Waals surface area contributed by atoms with Crippen LogP contribution in [0.2, 0.25) is 0 Å². The van der Waals surface area contributed by atoms with Gasteiger partial charge < -0.3 is 39.3 Å². The second-order valence-electron chi connectivity index (χ2n) is 15.7. The lowest BCUT2D eigenvalue weighted by atomic mass is 9.86. The van der Waals surface area contributed by atoms with Gasteiger partial charge in [-0.15, -0.1) is 0 Å². The quantitative estimate of drug-likeness (QED) is 0.0441. The molecule has 4 aromatic rings. The van der Waals surface area contributed by atoms with Crippen molar-refractivity contribution in [1.82, 2.24) is 20.2 Å². The van der Waals surface area contributed by atoms with E-state index < -0.39 is 29.4 Å². The fraction of sp³-hybridized carbons (Fsp3) is 0.452. The van der Waals surface area contributed by atoms with Gasteiger partial charge >= 0.3 is 18.2 Å². The number of aliphatic hydroxyl groups is 1. The monoisotopic (exact) mass is 818 g/mol. The third-order valence-corrected chi connectivity index (χ3v) is 13.0. The number of pyridine rings is 2. The molecule has 0 aliphatic carbocycles. The molecule has 15 heteroatoms. The third-order valence-electron chi connectivity index (χ3n) is 9.70. The summed E-state index contributed by atoms with van der Waals surface area (Å²) in [6.07, 6.45) is 0.384. The number of fused-ring (bicyclic) bond motifs is 5. The van der Waals surface area contributed by atoms with Crippen molar-refractivity contribution in [1.29, 1.82) is 0 Å². The number of alkyl carbamates (subject to hydrolysis) is 2. The Labute approximate surface area is 340 Å². The molecule has 0 saturated heterocycles. The van der Waals surface area contributed by atoms with E-state index in [2.05, 4.69) is 31.4 Å². The van der Waals surface area contributed by atoms with E-state index in [4.69, 9.17) is 23.9 Å². The van der Waals surface area contributed by atoms with Crippen LogP contribution in [0.4, 0.5) is 9.59 Å².